The summed E-state index contributed by atoms with van der Waals surface area (Å²) in [6.45, 7) is 5.17. The number of hydrogen-bond donors (Lipinski definition) is 0. The van der Waals surface area contributed by atoms with Crippen molar-refractivity contribution in [2.75, 3.05) is 32.8 Å². The molecule has 6 heteroatoms. The van der Waals surface area contributed by atoms with E-state index in [1.54, 1.807) is 24.3 Å². The molecular formula is C32H34F2NO3+. The van der Waals surface area contributed by atoms with Crippen molar-refractivity contribution >= 4 is 5.97 Å². The van der Waals surface area contributed by atoms with Crippen molar-refractivity contribution in [2.24, 2.45) is 11.8 Å². The number of esters is 1. The van der Waals surface area contributed by atoms with Crippen molar-refractivity contribution in [1.82, 2.24) is 0 Å². The number of halogens is 2. The summed E-state index contributed by atoms with van der Waals surface area (Å²) in [5.74, 6) is 0.673. The molecule has 0 radical (unpaired) electrons. The van der Waals surface area contributed by atoms with Crippen LogP contribution in [0, 0.1) is 23.5 Å². The zero-order valence-electron chi connectivity index (χ0n) is 21.6. The number of rotatable bonds is 8. The number of nitrogens with zero attached hydrogens (tertiary/aromatic N) is 1. The number of hydrogen-bond acceptors (Lipinski definition) is 3. The van der Waals surface area contributed by atoms with Gasteiger partial charge in [-0.1, -0.05) is 36.4 Å². The van der Waals surface area contributed by atoms with Gasteiger partial charge in [-0.2, -0.15) is 0 Å². The van der Waals surface area contributed by atoms with E-state index in [0.29, 0.717) is 23.5 Å². The number of carbonyl (C=O) groups excluding carboxylic acids is 1. The lowest BCUT2D eigenvalue weighted by atomic mass is 9.75. The molecule has 3 fully saturated rings. The first-order valence-electron chi connectivity index (χ1n) is 13.8. The minimum atomic E-state index is -0.845. The van der Waals surface area contributed by atoms with E-state index in [9.17, 15) is 13.6 Å². The fourth-order valence-corrected chi connectivity index (χ4v) is 6.81. The Bertz CT molecular complexity index is 1270. The molecule has 4 nitrogen and oxygen atoms in total. The molecule has 0 N–H and O–H groups in total. The average Bonchev–Trinajstić information content (AvgIpc) is 3.39. The normalized spacial score (nSPS) is 23.8. The molecule has 0 aromatic heterocycles. The van der Waals surface area contributed by atoms with E-state index in [1.807, 2.05) is 0 Å². The number of fused-ring (bicyclic) bond motifs is 4. The summed E-state index contributed by atoms with van der Waals surface area (Å²) in [5, 5.41) is 0. The predicted molar refractivity (Wildman–Crippen MR) is 141 cm³/mol. The van der Waals surface area contributed by atoms with E-state index in [2.05, 4.69) is 18.2 Å². The maximum atomic E-state index is 14.0. The number of ether oxygens (including phenoxy) is 2. The molecule has 0 saturated carbocycles. The third kappa shape index (κ3) is 5.32. The Kier molecular flexibility index (Phi) is 6.91. The summed E-state index contributed by atoms with van der Waals surface area (Å²) in [7, 11) is 0. The molecule has 1 atom stereocenters. The highest BCUT2D eigenvalue weighted by atomic mass is 19.1. The molecule has 198 valence electrons. The molecule has 0 aliphatic carbocycles. The molecule has 3 aromatic carbocycles. The maximum absolute atomic E-state index is 14.0. The van der Waals surface area contributed by atoms with Gasteiger partial charge in [-0.15, -0.1) is 0 Å². The van der Waals surface area contributed by atoms with Gasteiger partial charge in [0.25, 0.3) is 0 Å². The van der Waals surface area contributed by atoms with Gasteiger partial charge in [0.1, 0.15) is 17.4 Å². The van der Waals surface area contributed by atoms with Gasteiger partial charge in [-0.3, -0.25) is 4.79 Å². The third-order valence-corrected chi connectivity index (χ3v) is 8.85. The number of benzene rings is 3. The summed E-state index contributed by atoms with van der Waals surface area (Å²) >= 11 is 0. The Labute approximate surface area is 222 Å². The van der Waals surface area contributed by atoms with Crippen LogP contribution in [0.2, 0.25) is 0 Å². The molecular weight excluding hydrogens is 484 g/mol. The Balaban J connectivity index is 1.13. The van der Waals surface area contributed by atoms with Crippen LogP contribution in [-0.2, 0) is 22.4 Å². The van der Waals surface area contributed by atoms with Gasteiger partial charge in [0, 0.05) is 31.6 Å². The van der Waals surface area contributed by atoms with Crippen LogP contribution in [0.15, 0.2) is 66.7 Å². The second-order valence-electron chi connectivity index (χ2n) is 11.3. The molecule has 3 saturated heterocycles. The monoisotopic (exact) mass is 518 g/mol. The van der Waals surface area contributed by atoms with Crippen molar-refractivity contribution in [2.45, 2.75) is 38.2 Å². The highest BCUT2D eigenvalue weighted by molar-refractivity contribution is 5.70. The topological polar surface area (TPSA) is 35.5 Å². The van der Waals surface area contributed by atoms with Crippen LogP contribution in [0.4, 0.5) is 8.78 Å². The summed E-state index contributed by atoms with van der Waals surface area (Å²) in [6.07, 6.45) is 3.77. The Morgan fingerprint density at radius 1 is 0.974 bits per heavy atom. The minimum Gasteiger partial charge on any atom is -0.493 e. The standard InChI is InChI=1S/C32H34F2NO3/c33-28-5-1-3-25(18-28)32(26-4-2-6-29(34)19-26)38-31(36)20-27-21-35(14-10-23(27)11-15-35)13-9-22-7-8-30-24(17-22)12-16-37-30/h1-8,17-19,23,27,32H,9-16,20-21H2/q+1/t23?,27-,35?/m0/s1. The number of quaternary nitrogens is 1. The van der Waals surface area contributed by atoms with Gasteiger partial charge in [0.15, 0.2) is 6.10 Å². The van der Waals surface area contributed by atoms with Crippen molar-refractivity contribution in [3.63, 3.8) is 0 Å². The largest absolute Gasteiger partial charge is 0.493 e. The van der Waals surface area contributed by atoms with Crippen molar-refractivity contribution < 1.29 is 27.5 Å². The van der Waals surface area contributed by atoms with E-state index in [1.165, 1.54) is 48.5 Å². The van der Waals surface area contributed by atoms with Crippen LogP contribution in [0.25, 0.3) is 0 Å². The molecule has 38 heavy (non-hydrogen) atoms. The molecule has 0 unspecified atom stereocenters. The zero-order valence-corrected chi connectivity index (χ0v) is 21.6. The van der Waals surface area contributed by atoms with Crippen LogP contribution in [0.5, 0.6) is 5.75 Å². The van der Waals surface area contributed by atoms with Crippen LogP contribution >= 0.6 is 0 Å². The first-order valence-corrected chi connectivity index (χ1v) is 13.8. The molecule has 4 heterocycles. The molecule has 3 aromatic rings. The van der Waals surface area contributed by atoms with E-state index < -0.39 is 17.7 Å². The van der Waals surface area contributed by atoms with Crippen molar-refractivity contribution in [3.05, 3.63) is 101 Å². The van der Waals surface area contributed by atoms with Gasteiger partial charge >= 0.3 is 5.97 Å². The van der Waals surface area contributed by atoms with Crippen LogP contribution in [0.1, 0.15) is 47.6 Å². The Hall–Kier alpha value is -3.25. The van der Waals surface area contributed by atoms with Crippen molar-refractivity contribution in [3.8, 4) is 5.75 Å². The van der Waals surface area contributed by atoms with Crippen LogP contribution in [0.3, 0.4) is 0 Å². The van der Waals surface area contributed by atoms with Gasteiger partial charge in [-0.05, 0) is 58.5 Å². The molecule has 4 aliphatic rings. The highest BCUT2D eigenvalue weighted by Crippen LogP contribution is 2.40. The lowest BCUT2D eigenvalue weighted by molar-refractivity contribution is -0.946. The number of piperidine rings is 3. The SMILES string of the molecule is O=C(C[C@H]1C[N+]2(CCc3ccc4c(c3)CCO4)CCC1CC2)OC(c1cccc(F)c1)c1cccc(F)c1. The second kappa shape index (κ2) is 10.5. The lowest BCUT2D eigenvalue weighted by Gasteiger charge is -2.52. The number of carbonyl (C=O) groups is 1. The van der Waals surface area contributed by atoms with E-state index in [0.717, 1.165) is 55.6 Å². The first-order chi connectivity index (χ1) is 18.5. The zero-order chi connectivity index (χ0) is 26.1. The average molecular weight is 519 g/mol. The van der Waals surface area contributed by atoms with E-state index >= 15 is 0 Å². The Morgan fingerprint density at radius 2 is 1.68 bits per heavy atom. The van der Waals surface area contributed by atoms with Gasteiger partial charge < -0.3 is 14.0 Å². The van der Waals surface area contributed by atoms with Crippen LogP contribution < -0.4 is 4.74 Å². The summed E-state index contributed by atoms with van der Waals surface area (Å²) < 4.78 is 40.7. The molecule has 7 rings (SSSR count). The molecule has 2 bridgehead atoms. The van der Waals surface area contributed by atoms with Gasteiger partial charge in [0.05, 0.1) is 39.2 Å². The van der Waals surface area contributed by atoms with E-state index in [4.69, 9.17) is 9.47 Å². The smallest absolute Gasteiger partial charge is 0.307 e. The molecule has 4 aliphatic heterocycles. The fraction of sp³-hybridized carbons (Fsp3) is 0.406. The van der Waals surface area contributed by atoms with Crippen LogP contribution in [-0.4, -0.2) is 43.2 Å². The van der Waals surface area contributed by atoms with Gasteiger partial charge in [0.2, 0.25) is 0 Å². The fourth-order valence-electron chi connectivity index (χ4n) is 6.81. The molecule has 0 amide bonds. The Morgan fingerprint density at radius 3 is 2.37 bits per heavy atom. The molecule has 0 spiro atoms. The van der Waals surface area contributed by atoms with Crippen molar-refractivity contribution in [1.29, 1.82) is 0 Å². The summed E-state index contributed by atoms with van der Waals surface area (Å²) in [5.41, 5.74) is 3.67. The summed E-state index contributed by atoms with van der Waals surface area (Å²) in [6, 6.07) is 18.6. The van der Waals surface area contributed by atoms with Gasteiger partial charge in [-0.25, -0.2) is 8.78 Å². The third-order valence-electron chi connectivity index (χ3n) is 8.85. The second-order valence-corrected chi connectivity index (χ2v) is 11.3. The minimum absolute atomic E-state index is 0.263. The quantitative estimate of drug-likeness (QED) is 0.270. The highest BCUT2D eigenvalue weighted by Gasteiger charge is 2.46. The predicted octanol–water partition coefficient (Wildman–Crippen LogP) is 6.02. The first kappa shape index (κ1) is 25.1. The lowest BCUT2D eigenvalue weighted by Crippen LogP contribution is -2.62. The maximum Gasteiger partial charge on any atom is 0.307 e. The summed E-state index contributed by atoms with van der Waals surface area (Å²) in [4.78, 5) is 13.3. The van der Waals surface area contributed by atoms with E-state index in [-0.39, 0.29) is 11.9 Å².